The van der Waals surface area contributed by atoms with Crippen LogP contribution in [0.25, 0.3) is 11.2 Å². The van der Waals surface area contributed by atoms with Gasteiger partial charge in [-0.2, -0.15) is 0 Å². The predicted molar refractivity (Wildman–Crippen MR) is 135 cm³/mol. The van der Waals surface area contributed by atoms with Crippen molar-refractivity contribution in [1.29, 1.82) is 0 Å². The Balaban J connectivity index is 1.46. The van der Waals surface area contributed by atoms with Crippen molar-refractivity contribution in [2.24, 2.45) is 0 Å². The van der Waals surface area contributed by atoms with Crippen molar-refractivity contribution in [3.05, 3.63) is 68.4 Å². The summed E-state index contributed by atoms with van der Waals surface area (Å²) in [4.78, 5) is 32.9. The zero-order valence-electron chi connectivity index (χ0n) is 19.9. The number of fused-ring (bicyclic) bond motifs is 1. The van der Waals surface area contributed by atoms with Gasteiger partial charge in [0.2, 0.25) is 5.89 Å². The fourth-order valence-corrected chi connectivity index (χ4v) is 5.43. The molecule has 0 unspecified atom stereocenters. The van der Waals surface area contributed by atoms with Crippen LogP contribution in [0.3, 0.4) is 0 Å². The molecule has 35 heavy (non-hydrogen) atoms. The van der Waals surface area contributed by atoms with Gasteiger partial charge in [0.15, 0.2) is 11.2 Å². The average Bonchev–Trinajstić information content (AvgIpc) is 3.50. The van der Waals surface area contributed by atoms with Gasteiger partial charge in [-0.15, -0.1) is 10.2 Å². The average molecular weight is 495 g/mol. The van der Waals surface area contributed by atoms with Crippen molar-refractivity contribution in [2.75, 3.05) is 0 Å². The summed E-state index contributed by atoms with van der Waals surface area (Å²) in [6.45, 7) is 3.08. The molecule has 0 aliphatic heterocycles. The molecule has 0 bridgehead atoms. The summed E-state index contributed by atoms with van der Waals surface area (Å²) in [5, 5.41) is 9.04. The molecule has 0 radical (unpaired) electrons. The lowest BCUT2D eigenvalue weighted by molar-refractivity contribution is 0.334. The molecule has 1 aliphatic rings. The maximum atomic E-state index is 12.9. The lowest BCUT2D eigenvalue weighted by Gasteiger charge is -2.17. The quantitative estimate of drug-likeness (QED) is 0.342. The van der Waals surface area contributed by atoms with Crippen LogP contribution in [0.15, 0.2) is 49.6 Å². The number of rotatable bonds is 9. The standard InChI is InChI=1S/C25H30N6O3S/c1-2-3-14-30-19(16-35-25-29-28-23(34-25)18-12-8-5-9-13-18)26-21-20(30)22(32)27-24(33)31(21)15-17-10-6-4-7-11-17/h4,6-7,10-11,18H,2-3,5,8-9,12-16H2,1H3,(H,27,32,33). The fourth-order valence-electron chi connectivity index (χ4n) is 4.72. The van der Waals surface area contributed by atoms with E-state index < -0.39 is 11.2 Å². The van der Waals surface area contributed by atoms with E-state index in [1.54, 1.807) is 0 Å². The molecular formula is C25H30N6O3S. The van der Waals surface area contributed by atoms with Crippen LogP contribution in [0.5, 0.6) is 0 Å². The maximum Gasteiger partial charge on any atom is 0.330 e. The number of aromatic amines is 1. The molecule has 0 spiro atoms. The zero-order chi connectivity index (χ0) is 24.2. The van der Waals surface area contributed by atoms with Crippen LogP contribution in [-0.2, 0) is 18.8 Å². The molecule has 184 valence electrons. The van der Waals surface area contributed by atoms with Crippen molar-refractivity contribution < 1.29 is 4.42 Å². The lowest BCUT2D eigenvalue weighted by atomic mass is 9.89. The molecule has 0 saturated heterocycles. The van der Waals surface area contributed by atoms with E-state index in [1.165, 1.54) is 35.6 Å². The van der Waals surface area contributed by atoms with Crippen molar-refractivity contribution in [3.8, 4) is 0 Å². The van der Waals surface area contributed by atoms with E-state index in [0.29, 0.717) is 47.0 Å². The van der Waals surface area contributed by atoms with Gasteiger partial charge in [0, 0.05) is 12.5 Å². The number of nitrogens with one attached hydrogen (secondary N) is 1. The number of thioether (sulfide) groups is 1. The summed E-state index contributed by atoms with van der Waals surface area (Å²) < 4.78 is 9.44. The van der Waals surface area contributed by atoms with Gasteiger partial charge in [0.25, 0.3) is 10.8 Å². The minimum atomic E-state index is -0.459. The molecule has 0 atom stereocenters. The smallest absolute Gasteiger partial charge is 0.330 e. The first-order valence-corrected chi connectivity index (χ1v) is 13.3. The van der Waals surface area contributed by atoms with Crippen LogP contribution >= 0.6 is 11.8 Å². The van der Waals surface area contributed by atoms with Gasteiger partial charge in [0.05, 0.1) is 12.3 Å². The van der Waals surface area contributed by atoms with Gasteiger partial charge in [-0.25, -0.2) is 9.78 Å². The zero-order valence-corrected chi connectivity index (χ0v) is 20.7. The first-order chi connectivity index (χ1) is 17.1. The summed E-state index contributed by atoms with van der Waals surface area (Å²) in [6.07, 6.45) is 7.75. The highest BCUT2D eigenvalue weighted by Gasteiger charge is 2.23. The number of unbranched alkanes of at least 4 members (excludes halogenated alkanes) is 1. The largest absolute Gasteiger partial charge is 0.416 e. The fraction of sp³-hybridized carbons (Fsp3) is 0.480. The van der Waals surface area contributed by atoms with Crippen LogP contribution in [-0.4, -0.2) is 29.3 Å². The molecule has 0 amide bonds. The van der Waals surface area contributed by atoms with Gasteiger partial charge in [-0.05, 0) is 24.8 Å². The lowest BCUT2D eigenvalue weighted by Crippen LogP contribution is -2.31. The highest BCUT2D eigenvalue weighted by Crippen LogP contribution is 2.33. The van der Waals surface area contributed by atoms with Crippen molar-refractivity contribution in [2.45, 2.75) is 81.9 Å². The second kappa shape index (κ2) is 10.6. The summed E-state index contributed by atoms with van der Waals surface area (Å²) in [5.41, 5.74) is 0.926. The Labute approximate surface area is 207 Å². The van der Waals surface area contributed by atoms with Gasteiger partial charge >= 0.3 is 5.69 Å². The minimum Gasteiger partial charge on any atom is -0.416 e. The van der Waals surface area contributed by atoms with E-state index in [9.17, 15) is 9.59 Å². The Morgan fingerprint density at radius 2 is 1.89 bits per heavy atom. The number of aryl methyl sites for hydroxylation is 1. The summed E-state index contributed by atoms with van der Waals surface area (Å²) in [6, 6.07) is 9.69. The molecule has 9 nitrogen and oxygen atoms in total. The highest BCUT2D eigenvalue weighted by atomic mass is 32.2. The Morgan fingerprint density at radius 3 is 2.66 bits per heavy atom. The molecule has 1 aliphatic carbocycles. The number of H-pyrrole nitrogens is 1. The van der Waals surface area contributed by atoms with E-state index in [0.717, 1.165) is 37.1 Å². The monoisotopic (exact) mass is 494 g/mol. The van der Waals surface area contributed by atoms with Crippen molar-refractivity contribution >= 4 is 22.9 Å². The van der Waals surface area contributed by atoms with E-state index in [4.69, 9.17) is 9.40 Å². The van der Waals surface area contributed by atoms with Gasteiger partial charge < -0.3 is 8.98 Å². The Morgan fingerprint density at radius 1 is 1.09 bits per heavy atom. The Kier molecular flexibility index (Phi) is 7.17. The molecular weight excluding hydrogens is 464 g/mol. The molecule has 4 aromatic rings. The molecule has 5 rings (SSSR count). The molecule has 1 N–H and O–H groups in total. The second-order valence-electron chi connectivity index (χ2n) is 9.07. The summed E-state index contributed by atoms with van der Waals surface area (Å²) in [5.74, 6) is 2.25. The van der Waals surface area contributed by atoms with Crippen molar-refractivity contribution in [1.82, 2.24) is 29.3 Å². The normalized spacial score (nSPS) is 14.7. The molecule has 3 aromatic heterocycles. The van der Waals surface area contributed by atoms with Crippen LogP contribution in [0.1, 0.15) is 75.1 Å². The number of hydrogen-bond acceptors (Lipinski definition) is 7. The topological polar surface area (TPSA) is 112 Å². The minimum absolute atomic E-state index is 0.332. The third kappa shape index (κ3) is 5.12. The first-order valence-electron chi connectivity index (χ1n) is 12.4. The maximum absolute atomic E-state index is 12.9. The molecule has 1 aromatic carbocycles. The SMILES string of the molecule is CCCCn1c(CSc2nnc(C3CCCCC3)o2)nc2c1c(=O)[nH]c(=O)n2Cc1ccccc1. The van der Waals surface area contributed by atoms with E-state index in [2.05, 4.69) is 22.1 Å². The van der Waals surface area contributed by atoms with Gasteiger partial charge in [0.1, 0.15) is 5.82 Å². The third-order valence-corrected chi connectivity index (χ3v) is 7.40. The Bertz CT molecular complexity index is 1400. The number of nitrogens with zero attached hydrogens (tertiary/aromatic N) is 5. The summed E-state index contributed by atoms with van der Waals surface area (Å²) in [7, 11) is 0. The predicted octanol–water partition coefficient (Wildman–Crippen LogP) is 4.46. The van der Waals surface area contributed by atoms with Crippen LogP contribution in [0.4, 0.5) is 0 Å². The number of hydrogen-bond donors (Lipinski definition) is 1. The number of benzene rings is 1. The van der Waals surface area contributed by atoms with Gasteiger partial charge in [-0.3, -0.25) is 14.3 Å². The molecule has 1 fully saturated rings. The molecule has 1 saturated carbocycles. The first kappa shape index (κ1) is 23.6. The van der Waals surface area contributed by atoms with Crippen LogP contribution in [0.2, 0.25) is 0 Å². The number of imidazole rings is 1. The van der Waals surface area contributed by atoms with E-state index in [-0.39, 0.29) is 0 Å². The van der Waals surface area contributed by atoms with Crippen molar-refractivity contribution in [3.63, 3.8) is 0 Å². The van der Waals surface area contributed by atoms with E-state index >= 15 is 0 Å². The molecule has 3 heterocycles. The van der Waals surface area contributed by atoms with Crippen LogP contribution < -0.4 is 11.2 Å². The third-order valence-electron chi connectivity index (χ3n) is 6.58. The Hall–Kier alpha value is -3.14. The van der Waals surface area contributed by atoms with E-state index in [1.807, 2.05) is 34.9 Å². The van der Waals surface area contributed by atoms with Gasteiger partial charge in [-0.1, -0.05) is 74.7 Å². The second-order valence-corrected chi connectivity index (χ2v) is 9.99. The molecule has 10 heteroatoms. The highest BCUT2D eigenvalue weighted by molar-refractivity contribution is 7.98. The number of aromatic nitrogens is 6. The summed E-state index contributed by atoms with van der Waals surface area (Å²) >= 11 is 1.42. The van der Waals surface area contributed by atoms with Crippen LogP contribution in [0, 0.1) is 0 Å².